The van der Waals surface area contributed by atoms with Crippen molar-refractivity contribution in [3.8, 4) is 0 Å². The number of rotatable bonds is 5. The molecule has 22 heavy (non-hydrogen) atoms. The highest BCUT2D eigenvalue weighted by Crippen LogP contribution is 2.24. The van der Waals surface area contributed by atoms with E-state index in [1.807, 2.05) is 14.1 Å². The maximum Gasteiger partial charge on any atom is 0.265 e. The second-order valence-corrected chi connectivity index (χ2v) is 6.02. The molecule has 0 saturated carbocycles. The van der Waals surface area contributed by atoms with Crippen molar-refractivity contribution in [2.45, 2.75) is 31.5 Å². The zero-order valence-corrected chi connectivity index (χ0v) is 12.9. The molecule has 3 heterocycles. The van der Waals surface area contributed by atoms with E-state index in [4.69, 9.17) is 4.52 Å². The van der Waals surface area contributed by atoms with Crippen molar-refractivity contribution in [2.75, 3.05) is 32.1 Å². The molecule has 2 aromatic rings. The molecule has 1 saturated heterocycles. The predicted molar refractivity (Wildman–Crippen MR) is 78.1 cm³/mol. The summed E-state index contributed by atoms with van der Waals surface area (Å²) in [5.74, 6) is 1.12. The Labute approximate surface area is 128 Å². The van der Waals surface area contributed by atoms with Crippen molar-refractivity contribution >= 4 is 5.95 Å². The summed E-state index contributed by atoms with van der Waals surface area (Å²) in [6.07, 6.45) is 5.04. The maximum atomic E-state index is 10.8. The molecule has 0 spiro atoms. The van der Waals surface area contributed by atoms with Gasteiger partial charge in [0.25, 0.3) is 5.95 Å². The van der Waals surface area contributed by atoms with Crippen LogP contribution >= 0.6 is 0 Å². The van der Waals surface area contributed by atoms with Gasteiger partial charge < -0.3 is 14.5 Å². The normalized spacial score (nSPS) is 22.9. The van der Waals surface area contributed by atoms with E-state index in [9.17, 15) is 5.11 Å². The largest absolute Gasteiger partial charge is 0.387 e. The monoisotopic (exact) mass is 307 g/mol. The number of hydrogen-bond acceptors (Lipinski definition) is 8. The molecule has 0 aromatic carbocycles. The average Bonchev–Trinajstić information content (AvgIpc) is 3.10. The fourth-order valence-corrected chi connectivity index (χ4v) is 2.77. The molecule has 2 aromatic heterocycles. The number of nitrogens with zero attached hydrogens (tertiary/aromatic N) is 7. The molecule has 0 aliphatic carbocycles. The molecule has 0 radical (unpaired) electrons. The predicted octanol–water partition coefficient (Wildman–Crippen LogP) is -0.246. The van der Waals surface area contributed by atoms with Gasteiger partial charge in [0.1, 0.15) is 0 Å². The lowest BCUT2D eigenvalue weighted by Gasteiger charge is -2.38. The van der Waals surface area contributed by atoms with Crippen LogP contribution in [-0.4, -0.2) is 67.9 Å². The van der Waals surface area contributed by atoms with Crippen LogP contribution < -0.4 is 4.90 Å². The quantitative estimate of drug-likeness (QED) is 0.808. The first-order chi connectivity index (χ1) is 10.5. The number of likely N-dealkylation sites (tertiary alicyclic amines) is 1. The lowest BCUT2D eigenvalue weighted by atomic mass is 9.93. The topological polar surface area (TPSA) is 96.3 Å². The van der Waals surface area contributed by atoms with Crippen LogP contribution in [0, 0.1) is 0 Å². The van der Waals surface area contributed by atoms with E-state index < -0.39 is 5.60 Å². The second-order valence-electron chi connectivity index (χ2n) is 6.02. The molecule has 1 aliphatic rings. The van der Waals surface area contributed by atoms with Gasteiger partial charge in [-0.25, -0.2) is 4.68 Å². The van der Waals surface area contributed by atoms with Crippen molar-refractivity contribution in [2.24, 2.45) is 0 Å². The molecular weight excluding hydrogens is 286 g/mol. The van der Waals surface area contributed by atoms with E-state index in [1.54, 1.807) is 22.0 Å². The molecule has 1 aliphatic heterocycles. The van der Waals surface area contributed by atoms with E-state index in [2.05, 4.69) is 25.4 Å². The Hall–Kier alpha value is -2.00. The van der Waals surface area contributed by atoms with Crippen LogP contribution in [0.2, 0.25) is 0 Å². The molecule has 1 N–H and O–H groups in total. The van der Waals surface area contributed by atoms with E-state index in [1.165, 1.54) is 0 Å². The Kier molecular flexibility index (Phi) is 4.08. The zero-order valence-electron chi connectivity index (χ0n) is 12.9. The van der Waals surface area contributed by atoms with Gasteiger partial charge in [-0.3, -0.25) is 4.90 Å². The minimum atomic E-state index is -0.809. The number of hydrogen-bond donors (Lipinski definition) is 1. The summed E-state index contributed by atoms with van der Waals surface area (Å²) in [4.78, 5) is 8.25. The van der Waals surface area contributed by atoms with Gasteiger partial charge in [-0.15, -0.1) is 5.10 Å². The summed E-state index contributed by atoms with van der Waals surface area (Å²) in [7, 11) is 3.73. The summed E-state index contributed by atoms with van der Waals surface area (Å²) < 4.78 is 6.92. The van der Waals surface area contributed by atoms with E-state index in [0.717, 1.165) is 19.4 Å². The molecule has 120 valence electrons. The highest BCUT2D eigenvalue weighted by Gasteiger charge is 2.34. The van der Waals surface area contributed by atoms with Crippen LogP contribution in [0.5, 0.6) is 0 Å². The summed E-state index contributed by atoms with van der Waals surface area (Å²) in [5.41, 5.74) is -0.809. The Morgan fingerprint density at radius 1 is 1.45 bits per heavy atom. The van der Waals surface area contributed by atoms with Crippen molar-refractivity contribution in [1.29, 1.82) is 0 Å². The van der Waals surface area contributed by atoms with E-state index >= 15 is 0 Å². The molecule has 0 bridgehead atoms. The molecule has 1 fully saturated rings. The highest BCUT2D eigenvalue weighted by molar-refractivity contribution is 5.23. The van der Waals surface area contributed by atoms with Crippen molar-refractivity contribution in [1.82, 2.24) is 30.0 Å². The first-order valence-electron chi connectivity index (χ1n) is 7.33. The molecule has 0 amide bonds. The first-order valence-corrected chi connectivity index (χ1v) is 7.33. The number of β-amino-alcohol motifs (C(OH)–C–C–N with tert-alkyl or cyclic N) is 1. The van der Waals surface area contributed by atoms with E-state index in [-0.39, 0.29) is 0 Å². The average molecular weight is 307 g/mol. The number of aliphatic hydroxyl groups is 1. The Morgan fingerprint density at radius 3 is 3.00 bits per heavy atom. The third-order valence-corrected chi connectivity index (χ3v) is 3.78. The van der Waals surface area contributed by atoms with Gasteiger partial charge in [-0.05, 0) is 24.5 Å². The summed E-state index contributed by atoms with van der Waals surface area (Å²) in [6.45, 7) is 2.43. The van der Waals surface area contributed by atoms with Crippen LogP contribution in [0.3, 0.4) is 0 Å². The fraction of sp³-hybridized carbons (Fsp3) is 0.692. The Bertz CT molecular complexity index is 597. The summed E-state index contributed by atoms with van der Waals surface area (Å²) >= 11 is 0. The van der Waals surface area contributed by atoms with E-state index in [0.29, 0.717) is 31.5 Å². The lowest BCUT2D eigenvalue weighted by molar-refractivity contribution is -0.0498. The molecule has 9 heteroatoms. The fourth-order valence-electron chi connectivity index (χ4n) is 2.77. The zero-order chi connectivity index (χ0) is 15.6. The smallest absolute Gasteiger partial charge is 0.265 e. The Morgan fingerprint density at radius 2 is 2.32 bits per heavy atom. The van der Waals surface area contributed by atoms with Crippen molar-refractivity contribution in [3.63, 3.8) is 0 Å². The van der Waals surface area contributed by atoms with Crippen LogP contribution in [0.25, 0.3) is 0 Å². The number of aromatic nitrogens is 5. The molecule has 9 nitrogen and oxygen atoms in total. The van der Waals surface area contributed by atoms with Gasteiger partial charge in [0.05, 0.1) is 24.9 Å². The van der Waals surface area contributed by atoms with Crippen LogP contribution in [0.1, 0.15) is 18.7 Å². The first kappa shape index (κ1) is 14.9. The standard InChI is InChI=1S/C13H21N7O2/c1-18(2)12-15-11(22-16-12)8-19-6-3-4-13(21,9-19)10-20-7-5-14-17-20/h5,7,21H,3-4,6,8-10H2,1-2H3. The van der Waals surface area contributed by atoms with Gasteiger partial charge in [0, 0.05) is 26.8 Å². The number of piperidine rings is 1. The molecule has 1 atom stereocenters. The highest BCUT2D eigenvalue weighted by atomic mass is 16.5. The van der Waals surface area contributed by atoms with Crippen LogP contribution in [-0.2, 0) is 13.1 Å². The van der Waals surface area contributed by atoms with Crippen LogP contribution in [0.15, 0.2) is 16.9 Å². The van der Waals surface area contributed by atoms with Gasteiger partial charge in [-0.1, -0.05) is 5.21 Å². The van der Waals surface area contributed by atoms with Crippen molar-refractivity contribution in [3.05, 3.63) is 18.3 Å². The summed E-state index contributed by atoms with van der Waals surface area (Å²) in [6, 6.07) is 0. The lowest BCUT2D eigenvalue weighted by Crippen LogP contribution is -2.50. The summed E-state index contributed by atoms with van der Waals surface area (Å²) in [5, 5.41) is 22.4. The van der Waals surface area contributed by atoms with Crippen molar-refractivity contribution < 1.29 is 9.63 Å². The van der Waals surface area contributed by atoms with Gasteiger partial charge in [0.15, 0.2) is 0 Å². The molecule has 1 unspecified atom stereocenters. The maximum absolute atomic E-state index is 10.8. The molecular formula is C13H21N7O2. The Balaban J connectivity index is 1.62. The minimum Gasteiger partial charge on any atom is -0.387 e. The van der Waals surface area contributed by atoms with Crippen LogP contribution in [0.4, 0.5) is 5.95 Å². The minimum absolute atomic E-state index is 0.441. The molecule has 3 rings (SSSR count). The SMILES string of the molecule is CN(C)c1noc(CN2CCCC(O)(Cn3ccnn3)C2)n1. The van der Waals surface area contributed by atoms with Gasteiger partial charge in [-0.2, -0.15) is 4.98 Å². The van der Waals surface area contributed by atoms with Gasteiger partial charge >= 0.3 is 0 Å². The second kappa shape index (κ2) is 6.01. The third-order valence-electron chi connectivity index (χ3n) is 3.78. The number of anilines is 1. The third kappa shape index (κ3) is 3.42. The van der Waals surface area contributed by atoms with Gasteiger partial charge in [0.2, 0.25) is 5.89 Å².